The zero-order valence-electron chi connectivity index (χ0n) is 15.6. The van der Waals surface area contributed by atoms with Crippen LogP contribution in [-0.4, -0.2) is 50.1 Å². The number of piperazine rings is 1. The van der Waals surface area contributed by atoms with Crippen molar-refractivity contribution in [3.8, 4) is 5.75 Å². The zero-order valence-corrected chi connectivity index (χ0v) is 15.6. The SMILES string of the molecule is CCN1CCN(c2ccc(NC(=O)COc3ccccc3)c(C)c2)CC1. The van der Waals surface area contributed by atoms with E-state index in [0.29, 0.717) is 5.75 Å². The minimum Gasteiger partial charge on any atom is -0.484 e. The van der Waals surface area contributed by atoms with Crippen LogP contribution in [0.15, 0.2) is 48.5 Å². The molecular formula is C21H27N3O2. The van der Waals surface area contributed by atoms with Crippen LogP contribution in [0.3, 0.4) is 0 Å². The number of carbonyl (C=O) groups is 1. The Morgan fingerprint density at radius 2 is 1.81 bits per heavy atom. The van der Waals surface area contributed by atoms with E-state index < -0.39 is 0 Å². The lowest BCUT2D eigenvalue weighted by Crippen LogP contribution is -2.46. The topological polar surface area (TPSA) is 44.8 Å². The molecule has 2 aromatic rings. The van der Waals surface area contributed by atoms with E-state index in [1.807, 2.05) is 43.3 Å². The number of anilines is 2. The maximum absolute atomic E-state index is 12.1. The molecule has 0 aliphatic carbocycles. The molecule has 26 heavy (non-hydrogen) atoms. The molecule has 5 heteroatoms. The normalized spacial score (nSPS) is 14.9. The van der Waals surface area contributed by atoms with Crippen molar-refractivity contribution in [3.05, 3.63) is 54.1 Å². The standard InChI is InChI=1S/C21H27N3O2/c1-3-23-11-13-24(14-12-23)18-9-10-20(17(2)15-18)22-21(25)16-26-19-7-5-4-6-8-19/h4-10,15H,3,11-14,16H2,1-2H3,(H,22,25). The third-order valence-corrected chi connectivity index (χ3v) is 4.78. The van der Waals surface area contributed by atoms with Crippen LogP contribution in [0.4, 0.5) is 11.4 Å². The first-order valence-electron chi connectivity index (χ1n) is 9.21. The maximum atomic E-state index is 12.1. The second kappa shape index (κ2) is 8.72. The number of hydrogen-bond acceptors (Lipinski definition) is 4. The van der Waals surface area contributed by atoms with E-state index in [-0.39, 0.29) is 12.5 Å². The number of rotatable bonds is 6. The number of carbonyl (C=O) groups excluding carboxylic acids is 1. The minimum absolute atomic E-state index is 0.00415. The van der Waals surface area contributed by atoms with E-state index in [0.717, 1.165) is 44.0 Å². The number of likely N-dealkylation sites (N-methyl/N-ethyl adjacent to an activating group) is 1. The number of amides is 1. The van der Waals surface area contributed by atoms with Gasteiger partial charge in [0.1, 0.15) is 5.75 Å². The molecular weight excluding hydrogens is 326 g/mol. The predicted molar refractivity (Wildman–Crippen MR) is 106 cm³/mol. The number of aryl methyl sites for hydroxylation is 1. The fourth-order valence-electron chi connectivity index (χ4n) is 3.16. The first-order valence-corrected chi connectivity index (χ1v) is 9.21. The molecule has 1 amide bonds. The Bertz CT molecular complexity index is 725. The summed E-state index contributed by atoms with van der Waals surface area (Å²) in [4.78, 5) is 17.0. The van der Waals surface area contributed by atoms with Gasteiger partial charge < -0.3 is 19.9 Å². The Labute approximate surface area is 155 Å². The Hall–Kier alpha value is -2.53. The molecule has 1 aliphatic rings. The molecule has 138 valence electrons. The summed E-state index contributed by atoms with van der Waals surface area (Å²) in [5.74, 6) is 0.544. The molecule has 0 radical (unpaired) electrons. The second-order valence-corrected chi connectivity index (χ2v) is 6.57. The van der Waals surface area contributed by atoms with E-state index in [1.54, 1.807) is 0 Å². The van der Waals surface area contributed by atoms with Crippen molar-refractivity contribution < 1.29 is 9.53 Å². The van der Waals surface area contributed by atoms with Crippen molar-refractivity contribution in [2.45, 2.75) is 13.8 Å². The first-order chi connectivity index (χ1) is 12.7. The summed E-state index contributed by atoms with van der Waals surface area (Å²) in [6.07, 6.45) is 0. The van der Waals surface area contributed by atoms with Crippen molar-refractivity contribution in [1.82, 2.24) is 4.90 Å². The van der Waals surface area contributed by atoms with Crippen molar-refractivity contribution in [3.63, 3.8) is 0 Å². The van der Waals surface area contributed by atoms with Crippen molar-refractivity contribution in [2.75, 3.05) is 49.5 Å². The van der Waals surface area contributed by atoms with Crippen molar-refractivity contribution in [2.24, 2.45) is 0 Å². The molecule has 5 nitrogen and oxygen atoms in total. The van der Waals surface area contributed by atoms with Gasteiger partial charge >= 0.3 is 0 Å². The quantitative estimate of drug-likeness (QED) is 0.866. The van der Waals surface area contributed by atoms with Crippen LogP contribution < -0.4 is 15.0 Å². The minimum atomic E-state index is -0.152. The fourth-order valence-corrected chi connectivity index (χ4v) is 3.16. The van der Waals surface area contributed by atoms with E-state index in [4.69, 9.17) is 4.74 Å². The third kappa shape index (κ3) is 4.76. The van der Waals surface area contributed by atoms with Crippen LogP contribution in [0.2, 0.25) is 0 Å². The van der Waals surface area contributed by atoms with Gasteiger partial charge in [0.2, 0.25) is 0 Å². The molecule has 2 aromatic carbocycles. The number of benzene rings is 2. The molecule has 0 atom stereocenters. The molecule has 0 bridgehead atoms. The molecule has 0 aromatic heterocycles. The molecule has 1 heterocycles. The van der Waals surface area contributed by atoms with Gasteiger partial charge in [-0.15, -0.1) is 0 Å². The monoisotopic (exact) mass is 353 g/mol. The Morgan fingerprint density at radius 1 is 1.08 bits per heavy atom. The van der Waals surface area contributed by atoms with Gasteiger partial charge in [0, 0.05) is 37.6 Å². The smallest absolute Gasteiger partial charge is 0.262 e. The summed E-state index contributed by atoms with van der Waals surface area (Å²) in [5, 5.41) is 2.94. The number of hydrogen-bond donors (Lipinski definition) is 1. The summed E-state index contributed by atoms with van der Waals surface area (Å²) in [5.41, 5.74) is 3.12. The van der Waals surface area contributed by atoms with Gasteiger partial charge in [-0.05, 0) is 49.4 Å². The summed E-state index contributed by atoms with van der Waals surface area (Å²) in [7, 11) is 0. The van der Waals surface area contributed by atoms with Gasteiger partial charge in [0.15, 0.2) is 6.61 Å². The molecule has 3 rings (SSSR count). The van der Waals surface area contributed by atoms with Gasteiger partial charge in [-0.25, -0.2) is 0 Å². The molecule has 0 spiro atoms. The lowest BCUT2D eigenvalue weighted by molar-refractivity contribution is -0.118. The molecule has 1 aliphatic heterocycles. The van der Waals surface area contributed by atoms with Crippen LogP contribution in [0.25, 0.3) is 0 Å². The van der Waals surface area contributed by atoms with Gasteiger partial charge in [0.05, 0.1) is 0 Å². The molecule has 1 fully saturated rings. The van der Waals surface area contributed by atoms with Crippen LogP contribution in [0.1, 0.15) is 12.5 Å². The van der Waals surface area contributed by atoms with Crippen LogP contribution in [0, 0.1) is 6.92 Å². The van der Waals surface area contributed by atoms with Crippen molar-refractivity contribution in [1.29, 1.82) is 0 Å². The van der Waals surface area contributed by atoms with Gasteiger partial charge in [0.25, 0.3) is 5.91 Å². The summed E-state index contributed by atoms with van der Waals surface area (Å²) >= 11 is 0. The summed E-state index contributed by atoms with van der Waals surface area (Å²) in [6.45, 7) is 9.65. The Kier molecular flexibility index (Phi) is 6.12. The van der Waals surface area contributed by atoms with Gasteiger partial charge in [-0.2, -0.15) is 0 Å². The molecule has 0 unspecified atom stereocenters. The van der Waals surface area contributed by atoms with Crippen LogP contribution >= 0.6 is 0 Å². The zero-order chi connectivity index (χ0) is 18.4. The first kappa shape index (κ1) is 18.3. The highest BCUT2D eigenvalue weighted by Crippen LogP contribution is 2.23. The highest BCUT2D eigenvalue weighted by Gasteiger charge is 2.16. The third-order valence-electron chi connectivity index (χ3n) is 4.78. The number of ether oxygens (including phenoxy) is 1. The Balaban J connectivity index is 1.55. The lowest BCUT2D eigenvalue weighted by Gasteiger charge is -2.35. The molecule has 1 N–H and O–H groups in total. The number of nitrogens with one attached hydrogen (secondary N) is 1. The number of para-hydroxylation sites is 1. The number of nitrogens with zero attached hydrogens (tertiary/aromatic N) is 2. The Morgan fingerprint density at radius 3 is 2.46 bits per heavy atom. The maximum Gasteiger partial charge on any atom is 0.262 e. The van der Waals surface area contributed by atoms with E-state index in [1.165, 1.54) is 5.69 Å². The van der Waals surface area contributed by atoms with Crippen molar-refractivity contribution >= 4 is 17.3 Å². The summed E-state index contributed by atoms with van der Waals surface area (Å²) < 4.78 is 5.49. The van der Waals surface area contributed by atoms with Gasteiger partial charge in [-0.3, -0.25) is 4.79 Å². The lowest BCUT2D eigenvalue weighted by atomic mass is 10.1. The highest BCUT2D eigenvalue weighted by molar-refractivity contribution is 5.92. The van der Waals surface area contributed by atoms with Crippen LogP contribution in [0.5, 0.6) is 5.75 Å². The van der Waals surface area contributed by atoms with E-state index >= 15 is 0 Å². The highest BCUT2D eigenvalue weighted by atomic mass is 16.5. The van der Waals surface area contributed by atoms with E-state index in [2.05, 4.69) is 34.2 Å². The largest absolute Gasteiger partial charge is 0.484 e. The average Bonchev–Trinajstić information content (AvgIpc) is 2.69. The molecule has 0 saturated carbocycles. The fraction of sp³-hybridized carbons (Fsp3) is 0.381. The van der Waals surface area contributed by atoms with Crippen LogP contribution in [-0.2, 0) is 4.79 Å². The summed E-state index contributed by atoms with van der Waals surface area (Å²) in [6, 6.07) is 15.6. The molecule has 1 saturated heterocycles. The van der Waals surface area contributed by atoms with Gasteiger partial charge in [-0.1, -0.05) is 25.1 Å². The van der Waals surface area contributed by atoms with E-state index in [9.17, 15) is 4.79 Å². The average molecular weight is 353 g/mol. The predicted octanol–water partition coefficient (Wildman–Crippen LogP) is 3.15. The second-order valence-electron chi connectivity index (χ2n) is 6.57.